The number of aromatic nitrogens is 2. The Morgan fingerprint density at radius 1 is 0.825 bits per heavy atom. The summed E-state index contributed by atoms with van der Waals surface area (Å²) in [6.07, 6.45) is -9.10. The number of carbonyl (C=O) groups excluding carboxylic acids is 3. The molecule has 0 aliphatic carbocycles. The number of para-hydroxylation sites is 1. The summed E-state index contributed by atoms with van der Waals surface area (Å²) < 4.78 is 95.3. The first-order valence-corrected chi connectivity index (χ1v) is 11.7. The highest BCUT2D eigenvalue weighted by molar-refractivity contribution is 5.98. The molecule has 212 valence electrons. The summed E-state index contributed by atoms with van der Waals surface area (Å²) in [5.74, 6) is -3.97. The Hall–Kier alpha value is -4.43. The van der Waals surface area contributed by atoms with Crippen LogP contribution in [-0.4, -0.2) is 70.0 Å². The van der Waals surface area contributed by atoms with Crippen LogP contribution in [0.4, 0.5) is 30.7 Å². The maximum absolute atomic E-state index is 13.8. The first-order valence-electron chi connectivity index (χ1n) is 11.7. The number of piperazine rings is 1. The molecule has 4 rings (SSSR count). The van der Waals surface area contributed by atoms with Crippen LogP contribution in [0.1, 0.15) is 32.0 Å². The van der Waals surface area contributed by atoms with Crippen molar-refractivity contribution in [3.05, 3.63) is 82.9 Å². The first kappa shape index (κ1) is 28.6. The lowest BCUT2D eigenvalue weighted by Crippen LogP contribution is -2.52. The predicted octanol–water partition coefficient (Wildman–Crippen LogP) is 3.76. The highest BCUT2D eigenvalue weighted by atomic mass is 19.4. The van der Waals surface area contributed by atoms with Gasteiger partial charge in [-0.25, -0.2) is 9.07 Å². The van der Waals surface area contributed by atoms with Crippen molar-refractivity contribution in [1.82, 2.24) is 24.9 Å². The molecule has 15 heteroatoms. The molecule has 3 amide bonds. The smallest absolute Gasteiger partial charge is 0.343 e. The zero-order chi connectivity index (χ0) is 29.2. The van der Waals surface area contributed by atoms with Crippen molar-refractivity contribution in [3.63, 3.8) is 0 Å². The number of nitrogens with zero attached hydrogens (tertiary/aromatic N) is 4. The molecule has 1 aliphatic rings. The van der Waals surface area contributed by atoms with E-state index in [2.05, 4.69) is 10.4 Å². The first-order chi connectivity index (χ1) is 18.8. The topological polar surface area (TPSA) is 87.5 Å². The monoisotopic (exact) mass is 571 g/mol. The molecule has 2 heterocycles. The molecule has 1 fully saturated rings. The fourth-order valence-electron chi connectivity index (χ4n) is 4.19. The molecule has 1 aromatic heterocycles. The molecular formula is C25H20F7N5O3. The van der Waals surface area contributed by atoms with Crippen molar-refractivity contribution in [3.8, 4) is 5.69 Å². The molecule has 40 heavy (non-hydrogen) atoms. The number of hydrogen-bond donors (Lipinski definition) is 1. The second-order valence-corrected chi connectivity index (χ2v) is 8.70. The normalized spacial score (nSPS) is 14.3. The van der Waals surface area contributed by atoms with Crippen LogP contribution in [0.2, 0.25) is 0 Å². The Morgan fingerprint density at radius 3 is 2.05 bits per heavy atom. The number of carbonyl (C=O) groups is 3. The molecule has 0 atom stereocenters. The highest BCUT2D eigenvalue weighted by Gasteiger charge is 2.41. The Morgan fingerprint density at radius 2 is 1.45 bits per heavy atom. The average Bonchev–Trinajstić information content (AvgIpc) is 3.37. The SMILES string of the molecule is O=C(NCC(=O)N1CCN(C(=O)c2cc(F)ccc2C(F)(F)F)CC1)c1cnn(-c2ccccc2)c1C(F)(F)F. The number of halogens is 7. The number of nitrogens with one attached hydrogen (secondary N) is 1. The molecule has 1 aliphatic heterocycles. The summed E-state index contributed by atoms with van der Waals surface area (Å²) in [5, 5.41) is 5.81. The minimum atomic E-state index is -4.94. The number of amides is 3. The third-order valence-electron chi connectivity index (χ3n) is 6.12. The summed E-state index contributed by atoms with van der Waals surface area (Å²) in [4.78, 5) is 40.1. The summed E-state index contributed by atoms with van der Waals surface area (Å²) in [7, 11) is 0. The predicted molar refractivity (Wildman–Crippen MR) is 125 cm³/mol. The number of hydrogen-bond acceptors (Lipinski definition) is 4. The van der Waals surface area contributed by atoms with Crippen LogP contribution < -0.4 is 5.32 Å². The van der Waals surface area contributed by atoms with Gasteiger partial charge in [0.25, 0.3) is 11.8 Å². The van der Waals surface area contributed by atoms with Crippen molar-refractivity contribution in [2.45, 2.75) is 12.4 Å². The standard InChI is InChI=1S/C25H20F7N5O3/c26-15-6-7-19(24(27,28)29)17(12-15)23(40)36-10-8-35(9-11-36)20(38)14-33-22(39)18-13-34-37(21(18)25(30,31)32)16-4-2-1-3-5-16/h1-7,12-13H,8-11,14H2,(H,33,39). The van der Waals surface area contributed by atoms with E-state index in [1.54, 1.807) is 6.07 Å². The van der Waals surface area contributed by atoms with Gasteiger partial charge in [-0.2, -0.15) is 31.4 Å². The van der Waals surface area contributed by atoms with Crippen LogP contribution in [0.25, 0.3) is 5.69 Å². The molecule has 0 unspecified atom stereocenters. The lowest BCUT2D eigenvalue weighted by atomic mass is 10.0. The maximum Gasteiger partial charge on any atom is 0.434 e. The van der Waals surface area contributed by atoms with E-state index in [-0.39, 0.29) is 31.9 Å². The summed E-state index contributed by atoms with van der Waals surface area (Å²) in [6, 6.07) is 8.89. The van der Waals surface area contributed by atoms with Crippen molar-refractivity contribution in [1.29, 1.82) is 0 Å². The number of alkyl halides is 6. The minimum absolute atomic E-state index is 0.0676. The minimum Gasteiger partial charge on any atom is -0.343 e. The molecule has 1 saturated heterocycles. The molecule has 0 bridgehead atoms. The Labute approximate surface area is 222 Å². The second kappa shape index (κ2) is 11.0. The van der Waals surface area contributed by atoms with E-state index >= 15 is 0 Å². The van der Waals surface area contributed by atoms with E-state index in [1.165, 1.54) is 29.2 Å². The van der Waals surface area contributed by atoms with Crippen LogP contribution >= 0.6 is 0 Å². The van der Waals surface area contributed by atoms with Gasteiger partial charge in [-0.15, -0.1) is 0 Å². The van der Waals surface area contributed by atoms with E-state index in [0.29, 0.717) is 22.9 Å². The van der Waals surface area contributed by atoms with Gasteiger partial charge in [0.2, 0.25) is 5.91 Å². The third kappa shape index (κ3) is 6.07. The Balaban J connectivity index is 1.38. The number of rotatable bonds is 5. The lowest BCUT2D eigenvalue weighted by Gasteiger charge is -2.35. The van der Waals surface area contributed by atoms with Crippen LogP contribution in [-0.2, 0) is 17.1 Å². The van der Waals surface area contributed by atoms with E-state index in [4.69, 9.17) is 0 Å². The number of benzene rings is 2. The molecule has 8 nitrogen and oxygen atoms in total. The van der Waals surface area contributed by atoms with Gasteiger partial charge in [0.05, 0.1) is 35.1 Å². The molecule has 3 aromatic rings. The quantitative estimate of drug-likeness (QED) is 0.473. The van der Waals surface area contributed by atoms with Gasteiger partial charge in [-0.3, -0.25) is 14.4 Å². The average molecular weight is 571 g/mol. The third-order valence-corrected chi connectivity index (χ3v) is 6.12. The van der Waals surface area contributed by atoms with Gasteiger partial charge in [-0.1, -0.05) is 18.2 Å². The molecule has 0 radical (unpaired) electrons. The Kier molecular flexibility index (Phi) is 7.84. The fraction of sp³-hybridized carbons (Fsp3) is 0.280. The van der Waals surface area contributed by atoms with Crippen molar-refractivity contribution < 1.29 is 45.1 Å². The van der Waals surface area contributed by atoms with Gasteiger partial charge >= 0.3 is 12.4 Å². The van der Waals surface area contributed by atoms with E-state index in [9.17, 15) is 45.1 Å². The second-order valence-electron chi connectivity index (χ2n) is 8.70. The lowest BCUT2D eigenvalue weighted by molar-refractivity contribution is -0.143. The maximum atomic E-state index is 13.8. The zero-order valence-electron chi connectivity index (χ0n) is 20.4. The van der Waals surface area contributed by atoms with Crippen molar-refractivity contribution in [2.75, 3.05) is 32.7 Å². The van der Waals surface area contributed by atoms with E-state index in [1.807, 2.05) is 0 Å². The largest absolute Gasteiger partial charge is 0.434 e. The van der Waals surface area contributed by atoms with Gasteiger partial charge < -0.3 is 15.1 Å². The van der Waals surface area contributed by atoms with Gasteiger partial charge in [0, 0.05) is 26.2 Å². The summed E-state index contributed by atoms with van der Waals surface area (Å²) in [5.41, 5.74) is -4.22. The van der Waals surface area contributed by atoms with Crippen molar-refractivity contribution >= 4 is 17.7 Å². The summed E-state index contributed by atoms with van der Waals surface area (Å²) in [6.45, 7) is -1.31. The van der Waals surface area contributed by atoms with E-state index < -0.39 is 64.8 Å². The fourth-order valence-corrected chi connectivity index (χ4v) is 4.19. The molecule has 0 spiro atoms. The van der Waals surface area contributed by atoms with Crippen LogP contribution in [0.3, 0.4) is 0 Å². The highest BCUT2D eigenvalue weighted by Crippen LogP contribution is 2.34. The van der Waals surface area contributed by atoms with Crippen LogP contribution in [0, 0.1) is 5.82 Å². The molecule has 1 N–H and O–H groups in total. The van der Waals surface area contributed by atoms with Crippen molar-refractivity contribution in [2.24, 2.45) is 0 Å². The van der Waals surface area contributed by atoms with Crippen LogP contribution in [0.5, 0.6) is 0 Å². The van der Waals surface area contributed by atoms with Gasteiger partial charge in [0.1, 0.15) is 5.82 Å². The molecular weight excluding hydrogens is 551 g/mol. The van der Waals surface area contributed by atoms with Crippen LogP contribution in [0.15, 0.2) is 54.7 Å². The summed E-state index contributed by atoms with van der Waals surface area (Å²) >= 11 is 0. The van der Waals surface area contributed by atoms with Gasteiger partial charge in [0.15, 0.2) is 5.69 Å². The molecule has 2 aromatic carbocycles. The Bertz CT molecular complexity index is 1410. The molecule has 0 saturated carbocycles. The zero-order valence-corrected chi connectivity index (χ0v) is 20.4. The van der Waals surface area contributed by atoms with Gasteiger partial charge in [-0.05, 0) is 30.3 Å². The van der Waals surface area contributed by atoms with E-state index in [0.717, 1.165) is 11.1 Å².